The molecule has 1 saturated heterocycles. The largest absolute Gasteiger partial charge is 0.442 e. The van der Waals surface area contributed by atoms with E-state index in [0.29, 0.717) is 34.8 Å². The van der Waals surface area contributed by atoms with Crippen LogP contribution >= 0.6 is 22.9 Å². The van der Waals surface area contributed by atoms with Crippen LogP contribution in [-0.2, 0) is 4.74 Å². The van der Waals surface area contributed by atoms with E-state index in [2.05, 4.69) is 15.6 Å². The Labute approximate surface area is 189 Å². The van der Waals surface area contributed by atoms with Gasteiger partial charge in [-0.1, -0.05) is 11.6 Å². The number of ether oxygens (including phenoxy) is 1. The van der Waals surface area contributed by atoms with E-state index < -0.39 is 12.2 Å². The van der Waals surface area contributed by atoms with Gasteiger partial charge in [-0.15, -0.1) is 11.3 Å². The average molecular weight is 462 g/mol. The Morgan fingerprint density at radius 3 is 2.71 bits per heavy atom. The monoisotopic (exact) mass is 461 g/mol. The van der Waals surface area contributed by atoms with E-state index in [1.807, 2.05) is 24.3 Å². The van der Waals surface area contributed by atoms with Gasteiger partial charge in [-0.2, -0.15) is 0 Å². The van der Waals surface area contributed by atoms with Gasteiger partial charge >= 0.3 is 6.09 Å². The van der Waals surface area contributed by atoms with Crippen LogP contribution in [0.2, 0.25) is 4.34 Å². The summed E-state index contributed by atoms with van der Waals surface area (Å²) in [5.41, 5.74) is 7.57. The van der Waals surface area contributed by atoms with Gasteiger partial charge in [0.15, 0.2) is 0 Å². The fourth-order valence-corrected chi connectivity index (χ4v) is 4.18. The first-order valence-corrected chi connectivity index (χ1v) is 11.3. The van der Waals surface area contributed by atoms with Gasteiger partial charge in [0, 0.05) is 23.8 Å². The second-order valence-corrected chi connectivity index (χ2v) is 9.20. The molecule has 0 unspecified atom stereocenters. The summed E-state index contributed by atoms with van der Waals surface area (Å²) in [6.45, 7) is 1.93. The molecular formula is C21H24ClN5O3S. The van der Waals surface area contributed by atoms with Crippen LogP contribution in [0, 0.1) is 5.92 Å². The number of rotatable bonds is 9. The Bertz CT molecular complexity index is 974. The molecule has 2 aromatic rings. The van der Waals surface area contributed by atoms with Crippen molar-refractivity contribution in [2.45, 2.75) is 18.9 Å². The van der Waals surface area contributed by atoms with Crippen LogP contribution in [0.15, 0.2) is 41.4 Å². The highest BCUT2D eigenvalue weighted by atomic mass is 35.5. The van der Waals surface area contributed by atoms with Crippen LogP contribution in [0.25, 0.3) is 0 Å². The molecule has 1 aliphatic heterocycles. The van der Waals surface area contributed by atoms with Gasteiger partial charge in [0.05, 0.1) is 34.7 Å². The minimum atomic E-state index is -0.427. The van der Waals surface area contributed by atoms with E-state index >= 15 is 0 Å². The Morgan fingerprint density at radius 2 is 2.03 bits per heavy atom. The second-order valence-electron chi connectivity index (χ2n) is 7.48. The Hall–Kier alpha value is -2.78. The maximum atomic E-state index is 12.3. The number of aliphatic imine (C=N–C) groups is 1. The third kappa shape index (κ3) is 5.68. The van der Waals surface area contributed by atoms with Crippen molar-refractivity contribution in [1.29, 1.82) is 0 Å². The maximum absolute atomic E-state index is 12.3. The van der Waals surface area contributed by atoms with Crippen LogP contribution in [0.3, 0.4) is 0 Å². The Balaban J connectivity index is 1.23. The number of carbonyl (C=O) groups is 2. The van der Waals surface area contributed by atoms with E-state index in [4.69, 9.17) is 22.1 Å². The van der Waals surface area contributed by atoms with E-state index in [-0.39, 0.29) is 12.5 Å². The summed E-state index contributed by atoms with van der Waals surface area (Å²) in [6.07, 6.45) is 1.46. The molecule has 1 atom stereocenters. The molecule has 10 heteroatoms. The highest BCUT2D eigenvalue weighted by molar-refractivity contribution is 7.18. The molecule has 2 fully saturated rings. The van der Waals surface area contributed by atoms with Gasteiger partial charge in [0.25, 0.3) is 5.91 Å². The minimum absolute atomic E-state index is 0.231. The van der Waals surface area contributed by atoms with Gasteiger partial charge in [-0.3, -0.25) is 14.7 Å². The number of benzene rings is 1. The SMILES string of the molecule is NC(=NCCNc1ccc(N2C[C@H](CNC(=O)c3ccc(Cl)s3)OC2=O)cc1)C1CC1. The molecule has 2 heterocycles. The number of hydrogen-bond acceptors (Lipinski definition) is 6. The maximum Gasteiger partial charge on any atom is 0.414 e. The first-order chi connectivity index (χ1) is 15.0. The van der Waals surface area contributed by atoms with Crippen LogP contribution in [0.4, 0.5) is 16.2 Å². The zero-order valence-electron chi connectivity index (χ0n) is 16.8. The minimum Gasteiger partial charge on any atom is -0.442 e. The lowest BCUT2D eigenvalue weighted by Gasteiger charge is -2.14. The molecule has 4 rings (SSSR count). The summed E-state index contributed by atoms with van der Waals surface area (Å²) >= 11 is 7.06. The van der Waals surface area contributed by atoms with Crippen molar-refractivity contribution < 1.29 is 14.3 Å². The third-order valence-electron chi connectivity index (χ3n) is 5.07. The smallest absolute Gasteiger partial charge is 0.414 e. The number of carbonyl (C=O) groups excluding carboxylic acids is 2. The fourth-order valence-electron chi connectivity index (χ4n) is 3.22. The second kappa shape index (κ2) is 9.57. The molecule has 0 bridgehead atoms. The first-order valence-electron chi connectivity index (χ1n) is 10.1. The lowest BCUT2D eigenvalue weighted by Crippen LogP contribution is -2.34. The summed E-state index contributed by atoms with van der Waals surface area (Å²) in [7, 11) is 0. The molecule has 8 nitrogen and oxygen atoms in total. The average Bonchev–Trinajstić information content (AvgIpc) is 3.43. The van der Waals surface area contributed by atoms with Crippen molar-refractivity contribution in [3.05, 3.63) is 45.6 Å². The van der Waals surface area contributed by atoms with E-state index in [1.54, 1.807) is 17.0 Å². The van der Waals surface area contributed by atoms with Crippen LogP contribution in [0.1, 0.15) is 22.5 Å². The number of amidine groups is 1. The molecule has 1 saturated carbocycles. The topological polar surface area (TPSA) is 109 Å². The van der Waals surface area contributed by atoms with Gasteiger partial charge in [-0.25, -0.2) is 4.79 Å². The van der Waals surface area contributed by atoms with Crippen molar-refractivity contribution in [2.75, 3.05) is 36.4 Å². The predicted octanol–water partition coefficient (Wildman–Crippen LogP) is 3.34. The normalized spacial score (nSPS) is 18.7. The van der Waals surface area contributed by atoms with E-state index in [1.165, 1.54) is 11.3 Å². The summed E-state index contributed by atoms with van der Waals surface area (Å²) in [6, 6.07) is 10.9. The summed E-state index contributed by atoms with van der Waals surface area (Å²) in [5.74, 6) is 1.02. The van der Waals surface area contributed by atoms with Crippen molar-refractivity contribution >= 4 is 52.1 Å². The first kappa shape index (κ1) is 21.5. The number of cyclic esters (lactones) is 1. The Kier molecular flexibility index (Phi) is 6.62. The van der Waals surface area contributed by atoms with Crippen molar-refractivity contribution in [3.8, 4) is 0 Å². The number of anilines is 2. The van der Waals surface area contributed by atoms with Gasteiger partial charge < -0.3 is 21.1 Å². The summed E-state index contributed by atoms with van der Waals surface area (Å²) in [5, 5.41) is 6.08. The highest BCUT2D eigenvalue weighted by Gasteiger charge is 2.32. The molecule has 1 aliphatic carbocycles. The summed E-state index contributed by atoms with van der Waals surface area (Å²) < 4.78 is 5.94. The summed E-state index contributed by atoms with van der Waals surface area (Å²) in [4.78, 5) is 30.8. The molecule has 164 valence electrons. The lowest BCUT2D eigenvalue weighted by molar-refractivity contribution is 0.0920. The zero-order valence-corrected chi connectivity index (χ0v) is 18.4. The van der Waals surface area contributed by atoms with Gasteiger partial charge in [-0.05, 0) is 49.2 Å². The van der Waals surface area contributed by atoms with E-state index in [9.17, 15) is 9.59 Å². The molecular weight excluding hydrogens is 438 g/mol. The molecule has 1 aromatic carbocycles. The zero-order chi connectivity index (χ0) is 21.8. The molecule has 31 heavy (non-hydrogen) atoms. The number of halogens is 1. The number of amides is 2. The van der Waals surface area contributed by atoms with Crippen LogP contribution < -0.4 is 21.3 Å². The third-order valence-corrected chi connectivity index (χ3v) is 6.30. The standard InChI is InChI=1S/C21H24ClN5O3S/c22-18-8-7-17(31-18)20(28)26-11-16-12-27(21(29)30-16)15-5-3-14(4-6-15)24-9-10-25-19(23)13-1-2-13/h3-8,13,16,24H,1-2,9-12H2,(H2,23,25)(H,26,28)/t16-/m0/s1. The lowest BCUT2D eigenvalue weighted by atomic mass is 10.2. The van der Waals surface area contributed by atoms with E-state index in [0.717, 1.165) is 30.1 Å². The van der Waals surface area contributed by atoms with Crippen molar-refractivity contribution in [1.82, 2.24) is 5.32 Å². The molecule has 2 amide bonds. The van der Waals surface area contributed by atoms with Crippen molar-refractivity contribution in [3.63, 3.8) is 0 Å². The van der Waals surface area contributed by atoms with Gasteiger partial charge in [0.1, 0.15) is 6.10 Å². The van der Waals surface area contributed by atoms with Gasteiger partial charge in [0.2, 0.25) is 0 Å². The molecule has 0 spiro atoms. The Morgan fingerprint density at radius 1 is 1.26 bits per heavy atom. The molecule has 4 N–H and O–H groups in total. The number of thiophene rings is 1. The van der Waals surface area contributed by atoms with Crippen LogP contribution in [0.5, 0.6) is 0 Å². The number of nitrogens with zero attached hydrogens (tertiary/aromatic N) is 2. The molecule has 2 aliphatic rings. The fraction of sp³-hybridized carbons (Fsp3) is 0.381. The van der Waals surface area contributed by atoms with Crippen LogP contribution in [-0.4, -0.2) is 50.1 Å². The molecule has 1 aromatic heterocycles. The number of nitrogens with one attached hydrogen (secondary N) is 2. The predicted molar refractivity (Wildman–Crippen MR) is 123 cm³/mol. The van der Waals surface area contributed by atoms with Crippen molar-refractivity contribution in [2.24, 2.45) is 16.6 Å². The number of hydrogen-bond donors (Lipinski definition) is 3. The molecule has 0 radical (unpaired) electrons. The highest BCUT2D eigenvalue weighted by Crippen LogP contribution is 2.28. The quantitative estimate of drug-likeness (QED) is 0.301. The number of nitrogens with two attached hydrogens (primary N) is 1.